The summed E-state index contributed by atoms with van der Waals surface area (Å²) in [5.41, 5.74) is -2.12. The molecule has 0 unspecified atom stereocenters. The molecule has 0 aliphatic rings. The van der Waals surface area contributed by atoms with Crippen LogP contribution in [0.25, 0.3) is 0 Å². The molecule has 0 amide bonds. The van der Waals surface area contributed by atoms with Crippen molar-refractivity contribution in [1.29, 1.82) is 0 Å². The van der Waals surface area contributed by atoms with Crippen molar-refractivity contribution in [2.24, 2.45) is 0 Å². The van der Waals surface area contributed by atoms with Crippen LogP contribution in [0.5, 0.6) is 0 Å². The van der Waals surface area contributed by atoms with Crippen LogP contribution >= 0.6 is 5.67 Å². The molecular weight excluding hydrogens is 111 g/mol. The molecular formula is O2PTi. The van der Waals surface area contributed by atoms with E-state index in [-0.39, 0.29) is 0 Å². The van der Waals surface area contributed by atoms with Gasteiger partial charge in [-0.15, -0.1) is 0 Å². The summed E-state index contributed by atoms with van der Waals surface area (Å²) >= 11 is 1.12. The Hall–Kier alpha value is 0.614. The first kappa shape index (κ1) is 4.61. The maximum atomic E-state index is 9.04. The molecule has 0 saturated carbocycles. The number of hydrogen-bond acceptors (Lipinski definition) is 2. The second-order valence-electron chi connectivity index (χ2n) is 0.257. The summed E-state index contributed by atoms with van der Waals surface area (Å²) < 4.78 is 18.1. The normalized spacial score (nSPS) is 5.75. The van der Waals surface area contributed by atoms with Gasteiger partial charge >= 0.3 is 34.7 Å². The van der Waals surface area contributed by atoms with Crippen molar-refractivity contribution in [3.8, 4) is 0 Å². The molecule has 2 nitrogen and oxygen atoms in total. The zero-order valence-corrected chi connectivity index (χ0v) is 4.22. The van der Waals surface area contributed by atoms with Crippen LogP contribution in [0.1, 0.15) is 0 Å². The predicted molar refractivity (Wildman–Crippen MR) is 8.29 cm³/mol. The zero-order valence-electron chi connectivity index (χ0n) is 1.76. The van der Waals surface area contributed by atoms with Crippen LogP contribution in [0, 0.1) is 0 Å². The second-order valence-corrected chi connectivity index (χ2v) is 2.48. The SMILES string of the molecule is O=[P](=O)[Ti]. The van der Waals surface area contributed by atoms with E-state index >= 15 is 0 Å². The van der Waals surface area contributed by atoms with Crippen LogP contribution in [0.3, 0.4) is 0 Å². The van der Waals surface area contributed by atoms with Crippen LogP contribution in [0.2, 0.25) is 0 Å². The molecule has 0 bridgehead atoms. The Morgan fingerprint density at radius 3 is 1.50 bits per heavy atom. The van der Waals surface area contributed by atoms with Gasteiger partial charge in [0.25, 0.3) is 0 Å². The van der Waals surface area contributed by atoms with Crippen LogP contribution in [-0.2, 0) is 29.0 Å². The zero-order chi connectivity index (χ0) is 3.58. The third-order valence-electron chi connectivity index (χ3n) is 0. The van der Waals surface area contributed by atoms with Crippen molar-refractivity contribution in [3.63, 3.8) is 0 Å². The molecule has 0 atom stereocenters. The summed E-state index contributed by atoms with van der Waals surface area (Å²) in [4.78, 5) is 0. The molecule has 0 aromatic rings. The third kappa shape index (κ3) is 18.1. The first-order valence-electron chi connectivity index (χ1n) is 0.589. The van der Waals surface area contributed by atoms with Gasteiger partial charge in [0, 0.05) is 0 Å². The van der Waals surface area contributed by atoms with Crippen molar-refractivity contribution >= 4 is 5.67 Å². The van der Waals surface area contributed by atoms with Gasteiger partial charge in [-0.3, -0.25) is 0 Å². The third-order valence-corrected chi connectivity index (χ3v) is 0. The van der Waals surface area contributed by atoms with Gasteiger partial charge in [0.2, 0.25) is 0 Å². The Morgan fingerprint density at radius 1 is 1.50 bits per heavy atom. The molecule has 4 heavy (non-hydrogen) atoms. The van der Waals surface area contributed by atoms with Gasteiger partial charge in [-0.05, 0) is 0 Å². The van der Waals surface area contributed by atoms with Gasteiger partial charge in [0.1, 0.15) is 0 Å². The minimum atomic E-state index is -2.12. The summed E-state index contributed by atoms with van der Waals surface area (Å²) in [5.74, 6) is 0. The van der Waals surface area contributed by atoms with Gasteiger partial charge in [0.15, 0.2) is 0 Å². The van der Waals surface area contributed by atoms with E-state index in [0.29, 0.717) is 0 Å². The van der Waals surface area contributed by atoms with E-state index in [1.165, 1.54) is 0 Å². The van der Waals surface area contributed by atoms with Crippen LogP contribution in [0.4, 0.5) is 0 Å². The summed E-state index contributed by atoms with van der Waals surface area (Å²) in [6, 6.07) is 0. The fourth-order valence-electron chi connectivity index (χ4n) is 0. The molecule has 0 rings (SSSR count). The van der Waals surface area contributed by atoms with Gasteiger partial charge in [-0.1, -0.05) is 0 Å². The molecule has 0 N–H and O–H groups in total. The van der Waals surface area contributed by atoms with Crippen molar-refractivity contribution in [2.45, 2.75) is 0 Å². The molecule has 0 heterocycles. The molecule has 0 radical (unpaired) electrons. The molecule has 0 aromatic heterocycles. The predicted octanol–water partition coefficient (Wildman–Crippen LogP) is 0.621. The van der Waals surface area contributed by atoms with Crippen LogP contribution in [0.15, 0.2) is 0 Å². The van der Waals surface area contributed by atoms with E-state index in [1.54, 1.807) is 0 Å². The van der Waals surface area contributed by atoms with E-state index in [2.05, 4.69) is 0 Å². The first-order valence-corrected chi connectivity index (χ1v) is 3.86. The molecule has 0 aliphatic heterocycles. The monoisotopic (exact) mass is 111 g/mol. The summed E-state index contributed by atoms with van der Waals surface area (Å²) in [6.07, 6.45) is 0. The van der Waals surface area contributed by atoms with Crippen molar-refractivity contribution in [1.82, 2.24) is 0 Å². The van der Waals surface area contributed by atoms with Crippen LogP contribution in [-0.4, -0.2) is 0 Å². The molecule has 0 aliphatic carbocycles. The standard InChI is InChI=1S/O2P.Ti/c1-3-2;. The first-order chi connectivity index (χ1) is 1.73. The average Bonchev–Trinajstić information content (AvgIpc) is 0.811. The summed E-state index contributed by atoms with van der Waals surface area (Å²) in [7, 11) is 0. The van der Waals surface area contributed by atoms with E-state index in [4.69, 9.17) is 9.13 Å². The Labute approximate surface area is 35.2 Å². The van der Waals surface area contributed by atoms with Crippen molar-refractivity contribution < 1.29 is 29.0 Å². The number of rotatable bonds is 0. The van der Waals surface area contributed by atoms with E-state index in [0.717, 1.165) is 19.9 Å². The van der Waals surface area contributed by atoms with E-state index in [1.807, 2.05) is 0 Å². The second kappa shape index (κ2) is 1.89. The molecule has 0 aromatic carbocycles. The minimum absolute atomic E-state index is 1.12. The van der Waals surface area contributed by atoms with E-state index < -0.39 is 5.67 Å². The van der Waals surface area contributed by atoms with Gasteiger partial charge in [0.05, 0.1) is 0 Å². The molecule has 4 heteroatoms. The van der Waals surface area contributed by atoms with Crippen molar-refractivity contribution in [3.05, 3.63) is 0 Å². The molecule has 0 saturated heterocycles. The quantitative estimate of drug-likeness (QED) is 0.339. The summed E-state index contributed by atoms with van der Waals surface area (Å²) in [5, 5.41) is 0. The van der Waals surface area contributed by atoms with Gasteiger partial charge in [-0.25, -0.2) is 0 Å². The number of hydrogen-bond donors (Lipinski definition) is 0. The molecule has 0 spiro atoms. The Bertz CT molecular complexity index is 54.4. The van der Waals surface area contributed by atoms with Crippen molar-refractivity contribution in [2.75, 3.05) is 0 Å². The Balaban J connectivity index is 3.51. The van der Waals surface area contributed by atoms with Gasteiger partial charge < -0.3 is 0 Å². The fourth-order valence-corrected chi connectivity index (χ4v) is 0. The van der Waals surface area contributed by atoms with Crippen LogP contribution < -0.4 is 0 Å². The van der Waals surface area contributed by atoms with E-state index in [9.17, 15) is 0 Å². The maximum absolute atomic E-state index is 9.04. The molecule has 21 valence electrons. The topological polar surface area (TPSA) is 34.1 Å². The summed E-state index contributed by atoms with van der Waals surface area (Å²) in [6.45, 7) is 0. The fraction of sp³-hybridized carbons (Fsp3) is 0. The Kier molecular flexibility index (Phi) is 2.18. The average molecular weight is 111 g/mol. The Morgan fingerprint density at radius 2 is 1.50 bits per heavy atom. The molecule has 0 fully saturated rings. The van der Waals surface area contributed by atoms with Gasteiger partial charge in [-0.2, -0.15) is 0 Å².